The molecule has 2 aromatic rings. The van der Waals surface area contributed by atoms with Crippen LogP contribution in [0.15, 0.2) is 42.5 Å². The van der Waals surface area contributed by atoms with Gasteiger partial charge in [-0.15, -0.1) is 0 Å². The van der Waals surface area contributed by atoms with Crippen LogP contribution in [0.2, 0.25) is 10.0 Å². The Bertz CT molecular complexity index is 760. The molecule has 7 heteroatoms. The molecule has 0 aliphatic carbocycles. The highest BCUT2D eigenvalue weighted by Gasteiger charge is 2.22. The number of nitrogens with one attached hydrogen (secondary N) is 1. The average Bonchev–Trinajstić information content (AvgIpc) is 2.66. The van der Waals surface area contributed by atoms with E-state index in [1.165, 1.54) is 0 Å². The van der Waals surface area contributed by atoms with Gasteiger partial charge in [0, 0.05) is 36.9 Å². The number of hydrogen-bond acceptors (Lipinski definition) is 3. The molecule has 138 valence electrons. The molecular formula is C19H21Cl2N3O2. The fourth-order valence-corrected chi connectivity index (χ4v) is 3.21. The summed E-state index contributed by atoms with van der Waals surface area (Å²) in [5.41, 5.74) is 1.66. The monoisotopic (exact) mass is 393 g/mol. The van der Waals surface area contributed by atoms with Crippen molar-refractivity contribution in [1.29, 1.82) is 0 Å². The zero-order valence-electron chi connectivity index (χ0n) is 14.5. The van der Waals surface area contributed by atoms with E-state index in [1.54, 1.807) is 23.1 Å². The molecule has 2 amide bonds. The molecular weight excluding hydrogens is 373 g/mol. The predicted octanol–water partition coefficient (Wildman–Crippen LogP) is 4.75. The summed E-state index contributed by atoms with van der Waals surface area (Å²) >= 11 is 12.1. The number of nitrogens with zero attached hydrogens (tertiary/aromatic N) is 2. The van der Waals surface area contributed by atoms with Crippen molar-refractivity contribution < 1.29 is 9.53 Å². The van der Waals surface area contributed by atoms with E-state index in [-0.39, 0.29) is 6.03 Å². The zero-order valence-corrected chi connectivity index (χ0v) is 16.1. The van der Waals surface area contributed by atoms with Crippen molar-refractivity contribution >= 4 is 40.6 Å². The van der Waals surface area contributed by atoms with E-state index >= 15 is 0 Å². The number of rotatable bonds is 4. The number of urea groups is 1. The van der Waals surface area contributed by atoms with Gasteiger partial charge in [-0.25, -0.2) is 4.79 Å². The van der Waals surface area contributed by atoms with Crippen LogP contribution in [0.3, 0.4) is 0 Å². The Labute approximate surface area is 163 Å². The van der Waals surface area contributed by atoms with Crippen molar-refractivity contribution in [3.05, 3.63) is 52.5 Å². The predicted molar refractivity (Wildman–Crippen MR) is 107 cm³/mol. The first-order valence-electron chi connectivity index (χ1n) is 8.55. The highest BCUT2D eigenvalue weighted by atomic mass is 35.5. The summed E-state index contributed by atoms with van der Waals surface area (Å²) in [6.45, 7) is 5.43. The molecule has 0 aromatic heterocycles. The average molecular weight is 394 g/mol. The second-order valence-corrected chi connectivity index (χ2v) is 6.80. The Morgan fingerprint density at radius 2 is 1.77 bits per heavy atom. The number of carbonyl (C=O) groups excluding carboxylic acids is 1. The lowest BCUT2D eigenvalue weighted by molar-refractivity contribution is 0.208. The second-order valence-electron chi connectivity index (χ2n) is 5.96. The Kier molecular flexibility index (Phi) is 6.12. The molecule has 1 fully saturated rings. The molecule has 26 heavy (non-hydrogen) atoms. The Morgan fingerprint density at radius 1 is 1.08 bits per heavy atom. The van der Waals surface area contributed by atoms with Crippen LogP contribution in [0.1, 0.15) is 6.92 Å². The number of hydrogen-bond donors (Lipinski definition) is 1. The van der Waals surface area contributed by atoms with Crippen molar-refractivity contribution in [2.45, 2.75) is 6.92 Å². The normalized spacial score (nSPS) is 14.3. The fraction of sp³-hybridized carbons (Fsp3) is 0.316. The van der Waals surface area contributed by atoms with Crippen LogP contribution < -0.4 is 15.0 Å². The lowest BCUT2D eigenvalue weighted by Crippen LogP contribution is -2.50. The molecule has 0 bridgehead atoms. The van der Waals surface area contributed by atoms with Crippen molar-refractivity contribution in [1.82, 2.24) is 4.90 Å². The van der Waals surface area contributed by atoms with Crippen LogP contribution in [-0.2, 0) is 0 Å². The molecule has 0 radical (unpaired) electrons. The summed E-state index contributed by atoms with van der Waals surface area (Å²) < 4.78 is 5.47. The number of carbonyl (C=O) groups is 1. The standard InChI is InChI=1S/C19H21Cl2N3O2/c1-2-26-16-6-4-15(5-7-16)23-9-11-24(12-10-23)19(25)22-18-13-14(20)3-8-17(18)21/h3-8,13H,2,9-12H2,1H3,(H,22,25). The van der Waals surface area contributed by atoms with Crippen LogP contribution in [0.5, 0.6) is 5.75 Å². The van der Waals surface area contributed by atoms with E-state index in [4.69, 9.17) is 27.9 Å². The lowest BCUT2D eigenvalue weighted by Gasteiger charge is -2.36. The van der Waals surface area contributed by atoms with Gasteiger partial charge in [0.1, 0.15) is 5.75 Å². The van der Waals surface area contributed by atoms with E-state index in [0.29, 0.717) is 35.4 Å². The highest BCUT2D eigenvalue weighted by Crippen LogP contribution is 2.26. The molecule has 1 saturated heterocycles. The summed E-state index contributed by atoms with van der Waals surface area (Å²) in [4.78, 5) is 16.5. The van der Waals surface area contributed by atoms with Gasteiger partial charge in [0.2, 0.25) is 0 Å². The maximum atomic E-state index is 12.5. The molecule has 3 rings (SSSR count). The summed E-state index contributed by atoms with van der Waals surface area (Å²) in [5.74, 6) is 0.868. The second kappa shape index (κ2) is 8.52. The van der Waals surface area contributed by atoms with Crippen molar-refractivity contribution in [2.75, 3.05) is 43.0 Å². The summed E-state index contributed by atoms with van der Waals surface area (Å²) in [6.07, 6.45) is 0. The van der Waals surface area contributed by atoms with E-state index < -0.39 is 0 Å². The largest absolute Gasteiger partial charge is 0.494 e. The van der Waals surface area contributed by atoms with Crippen LogP contribution in [-0.4, -0.2) is 43.7 Å². The topological polar surface area (TPSA) is 44.8 Å². The van der Waals surface area contributed by atoms with Crippen molar-refractivity contribution in [2.24, 2.45) is 0 Å². The molecule has 1 heterocycles. The summed E-state index contributed by atoms with van der Waals surface area (Å²) in [7, 11) is 0. The molecule has 0 saturated carbocycles. The number of ether oxygens (including phenoxy) is 1. The van der Waals surface area contributed by atoms with Gasteiger partial charge in [0.15, 0.2) is 0 Å². The first kappa shape index (κ1) is 18.7. The summed E-state index contributed by atoms with van der Waals surface area (Å²) in [5, 5.41) is 3.83. The van der Waals surface area contributed by atoms with Gasteiger partial charge >= 0.3 is 6.03 Å². The molecule has 0 unspecified atom stereocenters. The molecule has 1 aliphatic rings. The SMILES string of the molecule is CCOc1ccc(N2CCN(C(=O)Nc3cc(Cl)ccc3Cl)CC2)cc1. The smallest absolute Gasteiger partial charge is 0.322 e. The van der Waals surface area contributed by atoms with E-state index in [2.05, 4.69) is 10.2 Å². The van der Waals surface area contributed by atoms with Gasteiger partial charge in [-0.3, -0.25) is 0 Å². The Balaban J connectivity index is 1.56. The minimum atomic E-state index is -0.166. The molecule has 0 spiro atoms. The Morgan fingerprint density at radius 3 is 2.42 bits per heavy atom. The van der Waals surface area contributed by atoms with Crippen LogP contribution in [0, 0.1) is 0 Å². The first-order valence-corrected chi connectivity index (χ1v) is 9.31. The van der Waals surface area contributed by atoms with Gasteiger partial charge in [-0.1, -0.05) is 23.2 Å². The maximum Gasteiger partial charge on any atom is 0.322 e. The Hall–Kier alpha value is -2.11. The number of piperazine rings is 1. The van der Waals surface area contributed by atoms with Crippen molar-refractivity contribution in [3.63, 3.8) is 0 Å². The third-order valence-electron chi connectivity index (χ3n) is 4.25. The van der Waals surface area contributed by atoms with E-state index in [9.17, 15) is 4.79 Å². The van der Waals surface area contributed by atoms with Gasteiger partial charge in [-0.2, -0.15) is 0 Å². The van der Waals surface area contributed by atoms with Crippen LogP contribution in [0.25, 0.3) is 0 Å². The molecule has 0 atom stereocenters. The molecule has 1 aliphatic heterocycles. The zero-order chi connectivity index (χ0) is 18.5. The van der Waals surface area contributed by atoms with Crippen LogP contribution >= 0.6 is 23.2 Å². The quantitative estimate of drug-likeness (QED) is 0.814. The van der Waals surface area contributed by atoms with Crippen molar-refractivity contribution in [3.8, 4) is 5.75 Å². The number of amides is 2. The molecule has 1 N–H and O–H groups in total. The van der Waals surface area contributed by atoms with Gasteiger partial charge in [0.05, 0.1) is 17.3 Å². The fourth-order valence-electron chi connectivity index (χ4n) is 2.88. The third kappa shape index (κ3) is 4.54. The number of benzene rings is 2. The van der Waals surface area contributed by atoms with Crippen LogP contribution in [0.4, 0.5) is 16.2 Å². The highest BCUT2D eigenvalue weighted by molar-refractivity contribution is 6.35. The molecule has 2 aromatic carbocycles. The van der Waals surface area contributed by atoms with Gasteiger partial charge in [0.25, 0.3) is 0 Å². The molecule has 5 nitrogen and oxygen atoms in total. The summed E-state index contributed by atoms with van der Waals surface area (Å²) in [6, 6.07) is 12.9. The first-order chi connectivity index (χ1) is 12.6. The minimum Gasteiger partial charge on any atom is -0.494 e. The lowest BCUT2D eigenvalue weighted by atomic mass is 10.2. The number of halogens is 2. The van der Waals surface area contributed by atoms with Gasteiger partial charge in [-0.05, 0) is 49.4 Å². The minimum absolute atomic E-state index is 0.166. The van der Waals surface area contributed by atoms with E-state index in [0.717, 1.165) is 24.5 Å². The third-order valence-corrected chi connectivity index (χ3v) is 4.81. The van der Waals surface area contributed by atoms with E-state index in [1.807, 2.05) is 31.2 Å². The van der Waals surface area contributed by atoms with Gasteiger partial charge < -0.3 is 19.9 Å². The number of anilines is 2. The maximum absolute atomic E-state index is 12.5.